The maximum Gasteiger partial charge on any atom is 0.264 e. The molecule has 0 aromatic carbocycles. The van der Waals surface area contributed by atoms with E-state index in [1.54, 1.807) is 11.3 Å². The molecule has 134 valence electrons. The Bertz CT molecular complexity index is 727. The third-order valence-corrected chi connectivity index (χ3v) is 6.20. The van der Waals surface area contributed by atoms with Crippen LogP contribution < -0.4 is 0 Å². The van der Waals surface area contributed by atoms with E-state index in [1.807, 2.05) is 30.4 Å². The molecule has 1 atom stereocenters. The van der Waals surface area contributed by atoms with Gasteiger partial charge < -0.3 is 14.2 Å². The summed E-state index contributed by atoms with van der Waals surface area (Å²) >= 11 is 1.60. The fourth-order valence-corrected chi connectivity index (χ4v) is 4.52. The van der Waals surface area contributed by atoms with Gasteiger partial charge in [0.25, 0.3) is 5.91 Å². The number of amides is 1. The Morgan fingerprint density at radius 1 is 1.32 bits per heavy atom. The quantitative estimate of drug-likeness (QED) is 0.839. The summed E-state index contributed by atoms with van der Waals surface area (Å²) in [5, 5.41) is 0. The molecule has 2 aliphatic heterocycles. The van der Waals surface area contributed by atoms with Crippen LogP contribution >= 0.6 is 11.3 Å². The Hall–Kier alpha value is -1.70. The van der Waals surface area contributed by atoms with Gasteiger partial charge in [-0.3, -0.25) is 9.69 Å². The van der Waals surface area contributed by atoms with Crippen molar-refractivity contribution in [2.75, 3.05) is 32.8 Å². The van der Waals surface area contributed by atoms with E-state index < -0.39 is 0 Å². The number of thiophene rings is 1. The van der Waals surface area contributed by atoms with E-state index in [1.165, 1.54) is 4.88 Å². The number of carbonyl (C=O) groups is 1. The lowest BCUT2D eigenvalue weighted by atomic mass is 10.2. The molecule has 2 aromatic heterocycles. The fourth-order valence-electron chi connectivity index (χ4n) is 3.46. The molecule has 0 N–H and O–H groups in total. The first-order chi connectivity index (χ1) is 12.2. The molecule has 2 aliphatic rings. The molecular weight excluding hydrogens is 336 g/mol. The van der Waals surface area contributed by atoms with Crippen LogP contribution in [0.15, 0.2) is 24.5 Å². The first kappa shape index (κ1) is 16.8. The summed E-state index contributed by atoms with van der Waals surface area (Å²) in [6, 6.07) is 4.02. The molecule has 0 bridgehead atoms. The van der Waals surface area contributed by atoms with Crippen LogP contribution in [0.25, 0.3) is 0 Å². The summed E-state index contributed by atoms with van der Waals surface area (Å²) in [5.74, 6) is 1.23. The fraction of sp³-hybridized carbons (Fsp3) is 0.556. The highest BCUT2D eigenvalue weighted by molar-refractivity contribution is 7.14. The predicted octanol–water partition coefficient (Wildman–Crippen LogP) is 2.29. The maximum absolute atomic E-state index is 12.8. The van der Waals surface area contributed by atoms with E-state index in [0.717, 1.165) is 62.9 Å². The average molecular weight is 360 g/mol. The third kappa shape index (κ3) is 3.63. The van der Waals surface area contributed by atoms with Crippen molar-refractivity contribution in [1.29, 1.82) is 0 Å². The molecule has 0 spiro atoms. The Morgan fingerprint density at radius 3 is 2.84 bits per heavy atom. The molecule has 4 rings (SSSR count). The van der Waals surface area contributed by atoms with Crippen molar-refractivity contribution >= 4 is 17.2 Å². The number of hydrogen-bond donors (Lipinski definition) is 0. The predicted molar refractivity (Wildman–Crippen MR) is 96.6 cm³/mol. The van der Waals surface area contributed by atoms with Crippen LogP contribution in [-0.4, -0.2) is 58.0 Å². The van der Waals surface area contributed by atoms with Crippen molar-refractivity contribution < 1.29 is 9.53 Å². The number of ether oxygens (including phenoxy) is 1. The van der Waals surface area contributed by atoms with E-state index in [2.05, 4.69) is 20.5 Å². The van der Waals surface area contributed by atoms with E-state index in [4.69, 9.17) is 4.74 Å². The minimum atomic E-state index is 0.158. The van der Waals surface area contributed by atoms with E-state index >= 15 is 0 Å². The van der Waals surface area contributed by atoms with Crippen LogP contribution in [0.3, 0.4) is 0 Å². The summed E-state index contributed by atoms with van der Waals surface area (Å²) < 4.78 is 7.77. The van der Waals surface area contributed by atoms with Crippen LogP contribution in [0.4, 0.5) is 0 Å². The van der Waals surface area contributed by atoms with Crippen LogP contribution in [0.5, 0.6) is 0 Å². The molecule has 2 fully saturated rings. The zero-order valence-corrected chi connectivity index (χ0v) is 15.4. The van der Waals surface area contributed by atoms with Gasteiger partial charge in [-0.15, -0.1) is 11.3 Å². The number of aryl methyl sites for hydroxylation is 1. The zero-order valence-electron chi connectivity index (χ0n) is 14.6. The lowest BCUT2D eigenvalue weighted by Crippen LogP contribution is -2.48. The van der Waals surface area contributed by atoms with Crippen LogP contribution in [0.2, 0.25) is 0 Å². The van der Waals surface area contributed by atoms with Gasteiger partial charge in [-0.1, -0.05) is 0 Å². The van der Waals surface area contributed by atoms with Crippen molar-refractivity contribution in [2.24, 2.45) is 7.05 Å². The van der Waals surface area contributed by atoms with Gasteiger partial charge >= 0.3 is 0 Å². The number of rotatable bonds is 4. The van der Waals surface area contributed by atoms with Gasteiger partial charge in [0.05, 0.1) is 17.5 Å². The van der Waals surface area contributed by atoms with Crippen LogP contribution in [0, 0.1) is 0 Å². The molecule has 6 nitrogen and oxygen atoms in total. The highest BCUT2D eigenvalue weighted by Gasteiger charge is 2.26. The molecule has 2 aromatic rings. The summed E-state index contributed by atoms with van der Waals surface area (Å²) in [7, 11) is 2.02. The van der Waals surface area contributed by atoms with Gasteiger partial charge in [0.1, 0.15) is 5.82 Å². The monoisotopic (exact) mass is 360 g/mol. The minimum absolute atomic E-state index is 0.158. The molecule has 0 unspecified atom stereocenters. The van der Waals surface area contributed by atoms with Gasteiger partial charge in [-0.25, -0.2) is 4.98 Å². The van der Waals surface area contributed by atoms with Gasteiger partial charge in [-0.2, -0.15) is 0 Å². The first-order valence-corrected chi connectivity index (χ1v) is 9.71. The summed E-state index contributed by atoms with van der Waals surface area (Å²) in [4.78, 5) is 23.5. The van der Waals surface area contributed by atoms with Crippen molar-refractivity contribution in [3.8, 4) is 0 Å². The number of carbonyl (C=O) groups excluding carboxylic acids is 1. The standard InChI is InChI=1S/C18H24N4O2S/c1-20-7-6-19-17(20)13-21-8-10-22(11-9-21)18(23)16-5-4-15(25-16)14-3-2-12-24-14/h4-7,14H,2-3,8-13H2,1H3/t14-/m0/s1. The van der Waals surface area contributed by atoms with Crippen LogP contribution in [-0.2, 0) is 18.3 Å². The maximum atomic E-state index is 12.8. The van der Waals surface area contributed by atoms with Gasteiger partial charge in [0, 0.05) is 57.1 Å². The van der Waals surface area contributed by atoms with Gasteiger partial charge in [0.15, 0.2) is 0 Å². The van der Waals surface area contributed by atoms with Crippen molar-refractivity contribution in [3.05, 3.63) is 40.1 Å². The highest BCUT2D eigenvalue weighted by Crippen LogP contribution is 2.33. The number of aromatic nitrogens is 2. The first-order valence-electron chi connectivity index (χ1n) is 8.90. The second-order valence-electron chi connectivity index (χ2n) is 6.73. The molecule has 4 heterocycles. The summed E-state index contributed by atoms with van der Waals surface area (Å²) in [6.45, 7) is 5.01. The van der Waals surface area contributed by atoms with Crippen molar-refractivity contribution in [2.45, 2.75) is 25.5 Å². The molecule has 25 heavy (non-hydrogen) atoms. The molecule has 7 heteroatoms. The van der Waals surface area contributed by atoms with Gasteiger partial charge in [0.2, 0.25) is 0 Å². The number of piperazine rings is 1. The van der Waals surface area contributed by atoms with Crippen LogP contribution in [0.1, 0.15) is 39.3 Å². The zero-order chi connectivity index (χ0) is 17.2. The summed E-state index contributed by atoms with van der Waals surface area (Å²) in [5.41, 5.74) is 0. The van der Waals surface area contributed by atoms with E-state index in [0.29, 0.717) is 0 Å². The number of nitrogens with zero attached hydrogens (tertiary/aromatic N) is 4. The molecule has 0 aliphatic carbocycles. The topological polar surface area (TPSA) is 50.6 Å². The van der Waals surface area contributed by atoms with Crippen molar-refractivity contribution in [1.82, 2.24) is 19.4 Å². The Labute approximate surface area is 152 Å². The van der Waals surface area contributed by atoms with Gasteiger partial charge in [-0.05, 0) is 25.0 Å². The lowest BCUT2D eigenvalue weighted by molar-refractivity contribution is 0.0629. The van der Waals surface area contributed by atoms with Crippen molar-refractivity contribution in [3.63, 3.8) is 0 Å². The summed E-state index contributed by atoms with van der Waals surface area (Å²) in [6.07, 6.45) is 6.18. The lowest BCUT2D eigenvalue weighted by Gasteiger charge is -2.34. The minimum Gasteiger partial charge on any atom is -0.373 e. The number of hydrogen-bond acceptors (Lipinski definition) is 5. The Balaban J connectivity index is 1.32. The normalized spacial score (nSPS) is 21.8. The van der Waals surface area contributed by atoms with E-state index in [9.17, 15) is 4.79 Å². The molecule has 0 saturated carbocycles. The molecule has 2 saturated heterocycles. The smallest absolute Gasteiger partial charge is 0.264 e. The Morgan fingerprint density at radius 2 is 2.16 bits per heavy atom. The highest BCUT2D eigenvalue weighted by atomic mass is 32.1. The molecular formula is C18H24N4O2S. The van der Waals surface area contributed by atoms with E-state index in [-0.39, 0.29) is 12.0 Å². The molecule has 1 amide bonds. The second kappa shape index (κ2) is 7.27. The second-order valence-corrected chi connectivity index (χ2v) is 7.84. The largest absolute Gasteiger partial charge is 0.373 e. The molecule has 0 radical (unpaired) electrons. The SMILES string of the molecule is Cn1ccnc1CN1CCN(C(=O)c2ccc([C@@H]3CCCO3)s2)CC1. The third-order valence-electron chi connectivity index (χ3n) is 5.03. The Kier molecular flexibility index (Phi) is 4.87. The number of imidazole rings is 1. The average Bonchev–Trinajstić information content (AvgIpc) is 3.37.